The van der Waals surface area contributed by atoms with Crippen LogP contribution in [0.4, 0.5) is 5.69 Å². The summed E-state index contributed by atoms with van der Waals surface area (Å²) in [5, 5.41) is 0. The van der Waals surface area contributed by atoms with Crippen molar-refractivity contribution in [3.63, 3.8) is 0 Å². The lowest BCUT2D eigenvalue weighted by molar-refractivity contribution is 0.203. The minimum Gasteiger partial charge on any atom is -0.365 e. The first kappa shape index (κ1) is 12.9. The monoisotopic (exact) mass is 372 g/mol. The molecule has 2 nitrogen and oxygen atoms in total. The largest absolute Gasteiger partial charge is 0.365 e. The van der Waals surface area contributed by atoms with Gasteiger partial charge in [0.1, 0.15) is 0 Å². The molecule has 0 aromatic heterocycles. The van der Waals surface area contributed by atoms with E-state index in [1.165, 1.54) is 42.6 Å². The fourth-order valence-electron chi connectivity index (χ4n) is 3.24. The summed E-state index contributed by atoms with van der Waals surface area (Å²) >= 11 is 7.22. The molecule has 2 fully saturated rings. The minimum atomic E-state index is 0.594. The Kier molecular flexibility index (Phi) is 3.70. The van der Waals surface area contributed by atoms with Crippen LogP contribution in [0, 0.1) is 0 Å². The molecule has 1 aromatic carbocycles. The van der Waals surface area contributed by atoms with E-state index in [0.29, 0.717) is 6.04 Å². The van der Waals surface area contributed by atoms with Crippen molar-refractivity contribution in [2.45, 2.75) is 31.8 Å². The van der Waals surface area contributed by atoms with Crippen LogP contribution < -0.4 is 4.90 Å². The first-order valence-corrected chi connectivity index (χ1v) is 8.19. The fourth-order valence-corrected chi connectivity index (χ4v) is 4.51. The molecule has 0 spiro atoms. The van der Waals surface area contributed by atoms with Crippen molar-refractivity contribution in [2.75, 3.05) is 24.5 Å². The van der Waals surface area contributed by atoms with E-state index in [1.807, 2.05) is 0 Å². The molecule has 0 amide bonds. The summed E-state index contributed by atoms with van der Waals surface area (Å²) in [5.41, 5.74) is 1.33. The molecule has 0 radical (unpaired) electrons. The molecule has 3 rings (SSSR count). The highest BCUT2D eigenvalue weighted by Crippen LogP contribution is 2.34. The van der Waals surface area contributed by atoms with Gasteiger partial charge in [0.2, 0.25) is 0 Å². The normalized spacial score (nSPS) is 28.5. The van der Waals surface area contributed by atoms with Gasteiger partial charge < -0.3 is 4.90 Å². The molecule has 98 valence electrons. The Bertz CT molecular complexity index is 449. The zero-order chi connectivity index (χ0) is 12.7. The van der Waals surface area contributed by atoms with Crippen molar-refractivity contribution in [3.8, 4) is 0 Å². The Balaban J connectivity index is 1.86. The molecule has 0 saturated carbocycles. The number of nitrogens with zero attached hydrogens (tertiary/aromatic N) is 2. The van der Waals surface area contributed by atoms with Crippen molar-refractivity contribution >= 4 is 37.5 Å². The Morgan fingerprint density at radius 3 is 2.83 bits per heavy atom. The van der Waals surface area contributed by atoms with Gasteiger partial charge in [0, 0.05) is 34.1 Å². The van der Waals surface area contributed by atoms with Gasteiger partial charge in [-0.3, -0.25) is 4.90 Å². The number of hydrogen-bond donors (Lipinski definition) is 0. The quantitative estimate of drug-likeness (QED) is 0.736. The second-order valence-corrected chi connectivity index (χ2v) is 7.16. The van der Waals surface area contributed by atoms with E-state index < -0.39 is 0 Å². The van der Waals surface area contributed by atoms with Crippen molar-refractivity contribution < 1.29 is 0 Å². The summed E-state index contributed by atoms with van der Waals surface area (Å²) in [4.78, 5) is 5.22. The van der Waals surface area contributed by atoms with Crippen LogP contribution in [0.2, 0.25) is 0 Å². The molecule has 2 aliphatic heterocycles. The Labute approximate surface area is 126 Å². The molecular formula is C14H18Br2N2. The SMILES string of the molecule is CC1CN2CCCC2CN1c1ccc(Br)cc1Br. The van der Waals surface area contributed by atoms with Gasteiger partial charge in [0.15, 0.2) is 0 Å². The maximum atomic E-state index is 3.70. The van der Waals surface area contributed by atoms with Crippen LogP contribution in [0.5, 0.6) is 0 Å². The van der Waals surface area contributed by atoms with Gasteiger partial charge in [-0.2, -0.15) is 0 Å². The summed E-state index contributed by atoms with van der Waals surface area (Å²) < 4.78 is 2.32. The third kappa shape index (κ3) is 2.35. The number of halogens is 2. The molecule has 2 aliphatic rings. The molecule has 2 heterocycles. The standard InChI is InChI=1S/C14H18Br2N2/c1-10-8-17-6-2-3-12(17)9-18(10)14-5-4-11(15)7-13(14)16/h4-5,7,10,12H,2-3,6,8-9H2,1H3. The number of fused-ring (bicyclic) bond motifs is 1. The van der Waals surface area contributed by atoms with Crippen molar-refractivity contribution in [1.29, 1.82) is 0 Å². The third-order valence-electron chi connectivity index (χ3n) is 4.16. The van der Waals surface area contributed by atoms with Gasteiger partial charge in [-0.1, -0.05) is 15.9 Å². The minimum absolute atomic E-state index is 0.594. The summed E-state index contributed by atoms with van der Waals surface area (Å²) in [6, 6.07) is 7.85. The van der Waals surface area contributed by atoms with E-state index in [2.05, 4.69) is 66.8 Å². The van der Waals surface area contributed by atoms with Crippen LogP contribution in [-0.2, 0) is 0 Å². The summed E-state index contributed by atoms with van der Waals surface area (Å²) in [5.74, 6) is 0. The van der Waals surface area contributed by atoms with E-state index in [-0.39, 0.29) is 0 Å². The van der Waals surface area contributed by atoms with Crippen LogP contribution in [0.1, 0.15) is 19.8 Å². The maximum Gasteiger partial charge on any atom is 0.0514 e. The average Bonchev–Trinajstić information content (AvgIpc) is 2.75. The molecule has 0 aliphatic carbocycles. The first-order chi connectivity index (χ1) is 8.65. The molecule has 1 aromatic rings. The van der Waals surface area contributed by atoms with Gasteiger partial charge in [-0.15, -0.1) is 0 Å². The van der Waals surface area contributed by atoms with Crippen LogP contribution in [0.3, 0.4) is 0 Å². The second-order valence-electron chi connectivity index (χ2n) is 5.39. The number of piperazine rings is 1. The smallest absolute Gasteiger partial charge is 0.0514 e. The molecule has 2 unspecified atom stereocenters. The van der Waals surface area contributed by atoms with Gasteiger partial charge in [0.25, 0.3) is 0 Å². The molecule has 2 saturated heterocycles. The van der Waals surface area contributed by atoms with Crippen LogP contribution in [0.25, 0.3) is 0 Å². The number of hydrogen-bond acceptors (Lipinski definition) is 2. The van der Waals surface area contributed by atoms with E-state index in [0.717, 1.165) is 10.5 Å². The van der Waals surface area contributed by atoms with E-state index >= 15 is 0 Å². The molecule has 0 bridgehead atoms. The van der Waals surface area contributed by atoms with Gasteiger partial charge in [-0.05, 0) is 60.4 Å². The Morgan fingerprint density at radius 1 is 1.22 bits per heavy atom. The Hall–Kier alpha value is -0.0600. The van der Waals surface area contributed by atoms with Crippen LogP contribution in [0.15, 0.2) is 27.1 Å². The summed E-state index contributed by atoms with van der Waals surface area (Å²) in [7, 11) is 0. The molecular weight excluding hydrogens is 356 g/mol. The lowest BCUT2D eigenvalue weighted by atomic mass is 10.1. The summed E-state index contributed by atoms with van der Waals surface area (Å²) in [6.45, 7) is 6.00. The van der Waals surface area contributed by atoms with Crippen LogP contribution >= 0.6 is 31.9 Å². The first-order valence-electron chi connectivity index (χ1n) is 6.61. The Morgan fingerprint density at radius 2 is 2.06 bits per heavy atom. The van der Waals surface area contributed by atoms with E-state index in [9.17, 15) is 0 Å². The van der Waals surface area contributed by atoms with Gasteiger partial charge >= 0.3 is 0 Å². The van der Waals surface area contributed by atoms with Gasteiger partial charge in [-0.25, -0.2) is 0 Å². The lowest BCUT2D eigenvalue weighted by Crippen LogP contribution is -2.55. The highest BCUT2D eigenvalue weighted by Gasteiger charge is 2.34. The second kappa shape index (κ2) is 5.14. The molecule has 2 atom stereocenters. The van der Waals surface area contributed by atoms with Crippen LogP contribution in [-0.4, -0.2) is 36.6 Å². The number of anilines is 1. The average molecular weight is 374 g/mol. The zero-order valence-corrected chi connectivity index (χ0v) is 13.7. The molecule has 18 heavy (non-hydrogen) atoms. The summed E-state index contributed by atoms with van der Waals surface area (Å²) in [6.07, 6.45) is 2.73. The fraction of sp³-hybridized carbons (Fsp3) is 0.571. The topological polar surface area (TPSA) is 6.48 Å². The highest BCUT2D eigenvalue weighted by molar-refractivity contribution is 9.11. The van der Waals surface area contributed by atoms with Crippen molar-refractivity contribution in [2.24, 2.45) is 0 Å². The predicted octanol–water partition coefficient (Wildman–Crippen LogP) is 3.88. The van der Waals surface area contributed by atoms with E-state index in [1.54, 1.807) is 0 Å². The van der Waals surface area contributed by atoms with Crippen molar-refractivity contribution in [1.82, 2.24) is 4.90 Å². The third-order valence-corrected chi connectivity index (χ3v) is 5.28. The number of rotatable bonds is 1. The highest BCUT2D eigenvalue weighted by atomic mass is 79.9. The molecule has 0 N–H and O–H groups in total. The predicted molar refractivity (Wildman–Crippen MR) is 83.2 cm³/mol. The zero-order valence-electron chi connectivity index (χ0n) is 10.6. The maximum absolute atomic E-state index is 3.70. The van der Waals surface area contributed by atoms with Crippen molar-refractivity contribution in [3.05, 3.63) is 27.1 Å². The van der Waals surface area contributed by atoms with Gasteiger partial charge in [0.05, 0.1) is 5.69 Å². The van der Waals surface area contributed by atoms with E-state index in [4.69, 9.17) is 0 Å². The lowest BCUT2D eigenvalue weighted by Gasteiger charge is -2.44. The number of benzene rings is 1. The molecule has 4 heteroatoms.